The van der Waals surface area contributed by atoms with E-state index in [0.717, 1.165) is 35.5 Å². The van der Waals surface area contributed by atoms with Crippen LogP contribution in [-0.4, -0.2) is 25.2 Å². The maximum Gasteiger partial charge on any atom is 0.319 e. The first-order valence-electron chi connectivity index (χ1n) is 7.59. The van der Waals surface area contributed by atoms with E-state index in [-0.39, 0.29) is 6.03 Å². The summed E-state index contributed by atoms with van der Waals surface area (Å²) in [7, 11) is 0. The van der Waals surface area contributed by atoms with E-state index in [2.05, 4.69) is 16.0 Å². The van der Waals surface area contributed by atoms with Crippen molar-refractivity contribution in [2.24, 2.45) is 0 Å². The van der Waals surface area contributed by atoms with Crippen LogP contribution >= 0.6 is 0 Å². The van der Waals surface area contributed by atoms with Gasteiger partial charge in [-0.2, -0.15) is 0 Å². The zero-order chi connectivity index (χ0) is 14.5. The van der Waals surface area contributed by atoms with Crippen molar-refractivity contribution < 1.29 is 4.79 Å². The molecule has 110 valence electrons. The molecule has 0 aliphatic heterocycles. The Labute approximate surface area is 124 Å². The SMILES string of the molecule is O=C(NCCCNC1CC1)Nc1cccc2ccccc12. The Hall–Kier alpha value is -2.07. The molecule has 4 heteroatoms. The molecule has 0 bridgehead atoms. The van der Waals surface area contributed by atoms with Gasteiger partial charge in [-0.1, -0.05) is 36.4 Å². The van der Waals surface area contributed by atoms with Crippen molar-refractivity contribution in [2.45, 2.75) is 25.3 Å². The largest absolute Gasteiger partial charge is 0.338 e. The molecule has 0 heterocycles. The van der Waals surface area contributed by atoms with E-state index in [9.17, 15) is 4.79 Å². The number of benzene rings is 2. The van der Waals surface area contributed by atoms with E-state index in [1.54, 1.807) is 0 Å². The highest BCUT2D eigenvalue weighted by atomic mass is 16.2. The second-order valence-electron chi connectivity index (χ2n) is 5.49. The number of nitrogens with one attached hydrogen (secondary N) is 3. The lowest BCUT2D eigenvalue weighted by Gasteiger charge is -2.10. The van der Waals surface area contributed by atoms with Crippen LogP contribution < -0.4 is 16.0 Å². The van der Waals surface area contributed by atoms with E-state index >= 15 is 0 Å². The summed E-state index contributed by atoms with van der Waals surface area (Å²) in [6.45, 7) is 1.66. The molecule has 0 saturated heterocycles. The van der Waals surface area contributed by atoms with E-state index in [1.165, 1.54) is 12.8 Å². The van der Waals surface area contributed by atoms with Crippen molar-refractivity contribution in [3.05, 3.63) is 42.5 Å². The van der Waals surface area contributed by atoms with Gasteiger partial charge in [0, 0.05) is 18.0 Å². The number of anilines is 1. The molecule has 0 aromatic heterocycles. The fourth-order valence-corrected chi connectivity index (χ4v) is 2.38. The van der Waals surface area contributed by atoms with Crippen molar-refractivity contribution in [1.29, 1.82) is 0 Å². The fraction of sp³-hybridized carbons (Fsp3) is 0.353. The zero-order valence-corrected chi connectivity index (χ0v) is 12.1. The van der Waals surface area contributed by atoms with Gasteiger partial charge in [0.1, 0.15) is 0 Å². The highest BCUT2D eigenvalue weighted by molar-refractivity contribution is 6.01. The molecule has 1 aliphatic rings. The first kappa shape index (κ1) is 13.9. The summed E-state index contributed by atoms with van der Waals surface area (Å²) in [5, 5.41) is 11.4. The highest BCUT2D eigenvalue weighted by Crippen LogP contribution is 2.22. The Morgan fingerprint density at radius 1 is 1.05 bits per heavy atom. The lowest BCUT2D eigenvalue weighted by Crippen LogP contribution is -2.31. The third kappa shape index (κ3) is 3.95. The van der Waals surface area contributed by atoms with Gasteiger partial charge in [-0.25, -0.2) is 4.79 Å². The van der Waals surface area contributed by atoms with Gasteiger partial charge in [-0.05, 0) is 37.3 Å². The topological polar surface area (TPSA) is 53.2 Å². The lowest BCUT2D eigenvalue weighted by molar-refractivity contribution is 0.252. The molecule has 1 aliphatic carbocycles. The Bertz CT molecular complexity index is 617. The van der Waals surface area contributed by atoms with Crippen LogP contribution in [0.15, 0.2) is 42.5 Å². The quantitative estimate of drug-likeness (QED) is 0.714. The van der Waals surface area contributed by atoms with E-state index in [1.807, 2.05) is 42.5 Å². The second kappa shape index (κ2) is 6.59. The molecule has 2 aromatic rings. The monoisotopic (exact) mass is 283 g/mol. The first-order valence-corrected chi connectivity index (χ1v) is 7.59. The first-order chi connectivity index (χ1) is 10.3. The summed E-state index contributed by atoms with van der Waals surface area (Å²) >= 11 is 0. The summed E-state index contributed by atoms with van der Waals surface area (Å²) in [5.74, 6) is 0. The molecule has 0 spiro atoms. The van der Waals surface area contributed by atoms with Crippen LogP contribution in [0.3, 0.4) is 0 Å². The molecule has 4 nitrogen and oxygen atoms in total. The van der Waals surface area contributed by atoms with Crippen molar-refractivity contribution >= 4 is 22.5 Å². The lowest BCUT2D eigenvalue weighted by atomic mass is 10.1. The minimum atomic E-state index is -0.141. The third-order valence-corrected chi connectivity index (χ3v) is 3.69. The zero-order valence-electron chi connectivity index (χ0n) is 12.1. The predicted molar refractivity (Wildman–Crippen MR) is 86.6 cm³/mol. The van der Waals surface area contributed by atoms with Crippen molar-refractivity contribution in [3.63, 3.8) is 0 Å². The summed E-state index contributed by atoms with van der Waals surface area (Å²) in [4.78, 5) is 11.9. The minimum Gasteiger partial charge on any atom is -0.338 e. The molecule has 3 rings (SSSR count). The van der Waals surface area contributed by atoms with Crippen LogP contribution in [0.5, 0.6) is 0 Å². The average Bonchev–Trinajstić information content (AvgIpc) is 3.31. The Morgan fingerprint density at radius 2 is 1.86 bits per heavy atom. The normalized spacial score (nSPS) is 14.1. The van der Waals surface area contributed by atoms with E-state index in [0.29, 0.717) is 6.54 Å². The molecule has 0 radical (unpaired) electrons. The summed E-state index contributed by atoms with van der Waals surface area (Å²) < 4.78 is 0. The van der Waals surface area contributed by atoms with Gasteiger partial charge in [0.05, 0.1) is 5.69 Å². The van der Waals surface area contributed by atoms with Gasteiger partial charge >= 0.3 is 6.03 Å². The maximum atomic E-state index is 11.9. The minimum absolute atomic E-state index is 0.141. The van der Waals surface area contributed by atoms with E-state index in [4.69, 9.17) is 0 Å². The maximum absolute atomic E-state index is 11.9. The molecule has 21 heavy (non-hydrogen) atoms. The van der Waals surface area contributed by atoms with Crippen molar-refractivity contribution in [1.82, 2.24) is 10.6 Å². The second-order valence-corrected chi connectivity index (χ2v) is 5.49. The predicted octanol–water partition coefficient (Wildman–Crippen LogP) is 3.10. The Kier molecular flexibility index (Phi) is 4.36. The standard InChI is InChI=1S/C17H21N3O/c21-17(19-12-4-11-18-14-9-10-14)20-16-8-3-6-13-5-1-2-7-15(13)16/h1-3,5-8,14,18H,4,9-12H2,(H2,19,20,21). The number of rotatable bonds is 6. The number of carbonyl (C=O) groups excluding carboxylic acids is 1. The van der Waals surface area contributed by atoms with Gasteiger partial charge in [0.2, 0.25) is 0 Å². The number of hydrogen-bond acceptors (Lipinski definition) is 2. The van der Waals surface area contributed by atoms with Gasteiger partial charge in [-0.15, -0.1) is 0 Å². The molecule has 0 unspecified atom stereocenters. The Morgan fingerprint density at radius 3 is 2.71 bits per heavy atom. The van der Waals surface area contributed by atoms with Crippen LogP contribution in [0.2, 0.25) is 0 Å². The summed E-state index contributed by atoms with van der Waals surface area (Å²) in [6, 6.07) is 14.6. The summed E-state index contributed by atoms with van der Waals surface area (Å²) in [5.41, 5.74) is 0.849. The van der Waals surface area contributed by atoms with Crippen LogP contribution in [0.4, 0.5) is 10.5 Å². The fourth-order valence-electron chi connectivity index (χ4n) is 2.38. The third-order valence-electron chi connectivity index (χ3n) is 3.69. The number of hydrogen-bond donors (Lipinski definition) is 3. The highest BCUT2D eigenvalue weighted by Gasteiger charge is 2.19. The molecular formula is C17H21N3O. The van der Waals surface area contributed by atoms with Crippen LogP contribution in [0.1, 0.15) is 19.3 Å². The molecule has 1 fully saturated rings. The smallest absolute Gasteiger partial charge is 0.319 e. The number of urea groups is 1. The van der Waals surface area contributed by atoms with Crippen molar-refractivity contribution in [3.8, 4) is 0 Å². The summed E-state index contributed by atoms with van der Waals surface area (Å²) in [6.07, 6.45) is 3.56. The van der Waals surface area contributed by atoms with Gasteiger partial charge in [0.15, 0.2) is 0 Å². The average molecular weight is 283 g/mol. The van der Waals surface area contributed by atoms with Gasteiger partial charge < -0.3 is 16.0 Å². The Balaban J connectivity index is 1.48. The molecule has 1 saturated carbocycles. The van der Waals surface area contributed by atoms with Crippen LogP contribution in [0, 0.1) is 0 Å². The van der Waals surface area contributed by atoms with E-state index < -0.39 is 0 Å². The number of fused-ring (bicyclic) bond motifs is 1. The molecule has 3 N–H and O–H groups in total. The van der Waals surface area contributed by atoms with Gasteiger partial charge in [-0.3, -0.25) is 0 Å². The van der Waals surface area contributed by atoms with Crippen molar-refractivity contribution in [2.75, 3.05) is 18.4 Å². The molecule has 2 amide bonds. The van der Waals surface area contributed by atoms with Crippen LogP contribution in [-0.2, 0) is 0 Å². The molecule has 0 atom stereocenters. The molecular weight excluding hydrogens is 262 g/mol. The number of amides is 2. The van der Waals surface area contributed by atoms with Crippen LogP contribution in [0.25, 0.3) is 10.8 Å². The molecule has 2 aromatic carbocycles. The van der Waals surface area contributed by atoms with Gasteiger partial charge in [0.25, 0.3) is 0 Å². The number of carbonyl (C=O) groups is 1.